The Bertz CT molecular complexity index is 723. The molecule has 1 unspecified atom stereocenters. The topological polar surface area (TPSA) is 70.0 Å². The van der Waals surface area contributed by atoms with E-state index in [4.69, 9.17) is 5.11 Å². The van der Waals surface area contributed by atoms with Crippen LogP contribution in [-0.2, 0) is 4.79 Å². The minimum absolute atomic E-state index is 0.0504. The van der Waals surface area contributed by atoms with Crippen LogP contribution in [0.2, 0.25) is 0 Å². The first-order valence-corrected chi connectivity index (χ1v) is 9.11. The minimum atomic E-state index is -0.906. The van der Waals surface area contributed by atoms with E-state index in [-0.39, 0.29) is 12.8 Å². The molecule has 26 heavy (non-hydrogen) atoms. The zero-order valence-corrected chi connectivity index (χ0v) is 14.8. The van der Waals surface area contributed by atoms with E-state index in [9.17, 15) is 9.70 Å². The van der Waals surface area contributed by atoms with Crippen LogP contribution < -0.4 is 4.90 Å². The largest absolute Gasteiger partial charge is 0.481 e. The van der Waals surface area contributed by atoms with Gasteiger partial charge in [-0.25, -0.2) is 0 Å². The average molecular weight is 352 g/mol. The molecule has 0 amide bonds. The predicted molar refractivity (Wildman–Crippen MR) is 102 cm³/mol. The molecule has 2 aromatic rings. The van der Waals surface area contributed by atoms with Crippen molar-refractivity contribution in [1.82, 2.24) is 0 Å². The summed E-state index contributed by atoms with van der Waals surface area (Å²) in [6.07, 6.45) is 2.44. The molecule has 0 bridgehead atoms. The summed E-state index contributed by atoms with van der Waals surface area (Å²) in [5.74, 6) is -0.289. The number of hydrogen-bond acceptors (Lipinski definition) is 4. The number of nitrogens with zero attached hydrogens (tertiary/aromatic N) is 2. The third kappa shape index (κ3) is 4.48. The van der Waals surface area contributed by atoms with E-state index in [0.29, 0.717) is 5.92 Å². The van der Waals surface area contributed by atoms with Gasteiger partial charge in [0.15, 0.2) is 0 Å². The summed E-state index contributed by atoms with van der Waals surface area (Å²) < 4.78 is 0. The molecule has 0 radical (unpaired) electrons. The van der Waals surface area contributed by atoms with Crippen LogP contribution >= 0.6 is 0 Å². The molecule has 136 valence electrons. The number of carbonyl (C=O) groups is 1. The van der Waals surface area contributed by atoms with Crippen LogP contribution in [0.4, 0.5) is 5.69 Å². The van der Waals surface area contributed by atoms with Crippen molar-refractivity contribution >= 4 is 11.7 Å². The molecule has 1 heterocycles. The van der Waals surface area contributed by atoms with Crippen LogP contribution in [0.15, 0.2) is 59.8 Å². The Labute approximate surface area is 153 Å². The van der Waals surface area contributed by atoms with Crippen molar-refractivity contribution in [2.45, 2.75) is 37.6 Å². The molecule has 1 fully saturated rings. The highest BCUT2D eigenvalue weighted by molar-refractivity contribution is 5.66. The Morgan fingerprint density at radius 1 is 1.08 bits per heavy atom. The predicted octanol–water partition coefficient (Wildman–Crippen LogP) is 4.74. The first-order valence-electron chi connectivity index (χ1n) is 9.11. The van der Waals surface area contributed by atoms with Gasteiger partial charge in [0, 0.05) is 25.2 Å². The maximum atomic E-state index is 11.0. The molecule has 0 aliphatic carbocycles. The lowest BCUT2D eigenvalue weighted by Gasteiger charge is -2.34. The van der Waals surface area contributed by atoms with Crippen molar-refractivity contribution < 1.29 is 9.90 Å². The first-order chi connectivity index (χ1) is 12.7. The number of piperidine rings is 1. The van der Waals surface area contributed by atoms with Crippen LogP contribution in [0.1, 0.15) is 48.8 Å². The second-order valence-electron chi connectivity index (χ2n) is 6.82. The molecular weight excluding hydrogens is 328 g/mol. The number of anilines is 1. The van der Waals surface area contributed by atoms with Crippen molar-refractivity contribution in [3.05, 3.63) is 70.6 Å². The van der Waals surface area contributed by atoms with Gasteiger partial charge in [0.2, 0.25) is 0 Å². The van der Waals surface area contributed by atoms with Gasteiger partial charge in [0.25, 0.3) is 0 Å². The summed E-state index contributed by atoms with van der Waals surface area (Å²) in [6, 6.07) is 17.9. The molecule has 1 N–H and O–H groups in total. The number of nitroso groups, excluding NO2 is 1. The number of rotatable bonds is 7. The fourth-order valence-corrected chi connectivity index (χ4v) is 3.64. The molecule has 1 saturated heterocycles. The Morgan fingerprint density at radius 3 is 2.31 bits per heavy atom. The molecule has 0 saturated carbocycles. The third-order valence-corrected chi connectivity index (χ3v) is 5.17. The average Bonchev–Trinajstić information content (AvgIpc) is 2.69. The third-order valence-electron chi connectivity index (χ3n) is 5.17. The summed E-state index contributed by atoms with van der Waals surface area (Å²) >= 11 is 0. The van der Waals surface area contributed by atoms with Crippen LogP contribution in [0.3, 0.4) is 0 Å². The van der Waals surface area contributed by atoms with Gasteiger partial charge in [-0.3, -0.25) is 4.79 Å². The van der Waals surface area contributed by atoms with E-state index in [0.717, 1.165) is 37.2 Å². The van der Waals surface area contributed by atoms with Gasteiger partial charge < -0.3 is 10.0 Å². The monoisotopic (exact) mass is 352 g/mol. The van der Waals surface area contributed by atoms with Crippen LogP contribution in [0, 0.1) is 4.91 Å². The number of benzene rings is 2. The van der Waals surface area contributed by atoms with Gasteiger partial charge in [-0.2, -0.15) is 4.91 Å². The van der Waals surface area contributed by atoms with E-state index in [1.807, 2.05) is 24.3 Å². The van der Waals surface area contributed by atoms with Crippen molar-refractivity contribution in [2.75, 3.05) is 18.0 Å². The van der Waals surface area contributed by atoms with Gasteiger partial charge in [0.05, 0.1) is 0 Å². The van der Waals surface area contributed by atoms with Gasteiger partial charge >= 0.3 is 5.97 Å². The highest BCUT2D eigenvalue weighted by Crippen LogP contribution is 2.31. The molecule has 5 heteroatoms. The molecule has 0 aromatic heterocycles. The molecule has 1 atom stereocenters. The number of hydrogen-bond donors (Lipinski definition) is 1. The Morgan fingerprint density at radius 2 is 1.73 bits per heavy atom. The lowest BCUT2D eigenvalue weighted by atomic mass is 9.89. The summed E-state index contributed by atoms with van der Waals surface area (Å²) in [5.41, 5.74) is 3.34. The normalized spacial score (nSPS) is 16.2. The van der Waals surface area contributed by atoms with E-state index >= 15 is 0 Å². The van der Waals surface area contributed by atoms with Crippen molar-refractivity contribution in [2.24, 2.45) is 5.18 Å². The molecule has 1 aliphatic heterocycles. The lowest BCUT2D eigenvalue weighted by Crippen LogP contribution is -2.32. The minimum Gasteiger partial charge on any atom is -0.481 e. The van der Waals surface area contributed by atoms with Crippen LogP contribution in [-0.4, -0.2) is 24.2 Å². The fraction of sp³-hybridized carbons (Fsp3) is 0.381. The van der Waals surface area contributed by atoms with Gasteiger partial charge in [-0.15, -0.1) is 0 Å². The molecule has 5 nitrogen and oxygen atoms in total. The zero-order chi connectivity index (χ0) is 18.4. The summed E-state index contributed by atoms with van der Waals surface area (Å²) in [6.45, 7) is 2.01. The Hall–Kier alpha value is -2.69. The van der Waals surface area contributed by atoms with Gasteiger partial charge in [-0.05, 0) is 48.4 Å². The van der Waals surface area contributed by atoms with Gasteiger partial charge in [0.1, 0.15) is 6.04 Å². The smallest absolute Gasteiger partial charge is 0.303 e. The Balaban J connectivity index is 1.59. The maximum Gasteiger partial charge on any atom is 0.303 e. The molecular formula is C21H24N2O3. The second-order valence-corrected chi connectivity index (χ2v) is 6.82. The first kappa shape index (κ1) is 18.1. The Kier molecular flexibility index (Phi) is 6.00. The SMILES string of the molecule is O=NC(CCC(=O)O)c1ccc(N2CCC(c3ccccc3)CC2)cc1. The van der Waals surface area contributed by atoms with Crippen molar-refractivity contribution in [3.8, 4) is 0 Å². The van der Waals surface area contributed by atoms with Crippen LogP contribution in [0.25, 0.3) is 0 Å². The quantitative estimate of drug-likeness (QED) is 0.731. The number of aliphatic carboxylic acids is 1. The van der Waals surface area contributed by atoms with Crippen molar-refractivity contribution in [3.63, 3.8) is 0 Å². The lowest BCUT2D eigenvalue weighted by molar-refractivity contribution is -0.137. The molecule has 0 spiro atoms. The highest BCUT2D eigenvalue weighted by atomic mass is 16.4. The van der Waals surface area contributed by atoms with Crippen LogP contribution in [0.5, 0.6) is 0 Å². The maximum absolute atomic E-state index is 11.0. The zero-order valence-electron chi connectivity index (χ0n) is 14.8. The van der Waals surface area contributed by atoms with E-state index in [1.165, 1.54) is 5.56 Å². The molecule has 2 aromatic carbocycles. The van der Waals surface area contributed by atoms with E-state index in [1.54, 1.807) is 0 Å². The second kappa shape index (κ2) is 8.61. The number of carboxylic acid groups (broad SMARTS) is 1. The van der Waals surface area contributed by atoms with Gasteiger partial charge in [-0.1, -0.05) is 47.6 Å². The number of carboxylic acids is 1. The fourth-order valence-electron chi connectivity index (χ4n) is 3.64. The summed E-state index contributed by atoms with van der Waals surface area (Å²) in [4.78, 5) is 24.1. The van der Waals surface area contributed by atoms with E-state index < -0.39 is 12.0 Å². The highest BCUT2D eigenvalue weighted by Gasteiger charge is 2.21. The standard InChI is InChI=1S/C21H24N2O3/c24-21(25)11-10-20(22-26)18-6-8-19(9-7-18)23-14-12-17(13-15-23)16-4-2-1-3-5-16/h1-9,17,20H,10-15H2,(H,24,25). The van der Waals surface area contributed by atoms with E-state index in [2.05, 4.69) is 40.4 Å². The molecule has 1 aliphatic rings. The van der Waals surface area contributed by atoms with Crippen molar-refractivity contribution in [1.29, 1.82) is 0 Å². The molecule has 3 rings (SSSR count). The summed E-state index contributed by atoms with van der Waals surface area (Å²) in [7, 11) is 0. The summed E-state index contributed by atoms with van der Waals surface area (Å²) in [5, 5.41) is 11.9.